The van der Waals surface area contributed by atoms with Crippen LogP contribution in [-0.2, 0) is 17.6 Å². The molecule has 1 unspecified atom stereocenters. The number of hydrogen-bond donors (Lipinski definition) is 1. The molecule has 25 heavy (non-hydrogen) atoms. The first-order chi connectivity index (χ1) is 12.3. The van der Waals surface area contributed by atoms with Gasteiger partial charge in [0.2, 0.25) is 0 Å². The van der Waals surface area contributed by atoms with Crippen molar-refractivity contribution in [3.63, 3.8) is 0 Å². The van der Waals surface area contributed by atoms with Crippen LogP contribution < -0.4 is 5.32 Å². The van der Waals surface area contributed by atoms with Crippen LogP contribution in [0.3, 0.4) is 0 Å². The van der Waals surface area contributed by atoms with Crippen LogP contribution in [0.4, 0.5) is 0 Å². The Morgan fingerprint density at radius 3 is 3.16 bits per heavy atom. The lowest BCUT2D eigenvalue weighted by molar-refractivity contribution is 0.187. The summed E-state index contributed by atoms with van der Waals surface area (Å²) in [5, 5.41) is 6.65. The predicted octanol–water partition coefficient (Wildman–Crippen LogP) is 2.44. The van der Waals surface area contributed by atoms with E-state index in [-0.39, 0.29) is 0 Å². The van der Waals surface area contributed by atoms with Crippen LogP contribution in [0.15, 0.2) is 39.4 Å². The zero-order chi connectivity index (χ0) is 17.3. The van der Waals surface area contributed by atoms with Crippen molar-refractivity contribution in [2.24, 2.45) is 10.9 Å². The Morgan fingerprint density at radius 1 is 1.48 bits per heavy atom. The van der Waals surface area contributed by atoms with Crippen molar-refractivity contribution in [2.75, 3.05) is 39.9 Å². The minimum atomic E-state index is 0.536. The van der Waals surface area contributed by atoms with Gasteiger partial charge in [-0.25, -0.2) is 4.98 Å². The van der Waals surface area contributed by atoms with Crippen molar-refractivity contribution in [3.8, 4) is 0 Å². The van der Waals surface area contributed by atoms with Crippen molar-refractivity contribution >= 4 is 17.3 Å². The van der Waals surface area contributed by atoms with Gasteiger partial charge in [-0.1, -0.05) is 0 Å². The van der Waals surface area contributed by atoms with E-state index in [9.17, 15) is 0 Å². The third-order valence-corrected chi connectivity index (χ3v) is 5.10. The number of nitrogens with one attached hydrogen (secondary N) is 1. The van der Waals surface area contributed by atoms with Gasteiger partial charge in [-0.05, 0) is 18.6 Å². The third-order valence-electron chi connectivity index (χ3n) is 4.26. The molecule has 1 N–H and O–H groups in total. The molecule has 0 aliphatic carbocycles. The van der Waals surface area contributed by atoms with Crippen molar-refractivity contribution in [2.45, 2.75) is 19.3 Å². The molecule has 6 nitrogen and oxygen atoms in total. The number of hydrogen-bond acceptors (Lipinski definition) is 5. The number of nitrogens with zero attached hydrogens (tertiary/aromatic N) is 3. The van der Waals surface area contributed by atoms with Gasteiger partial charge >= 0.3 is 0 Å². The lowest BCUT2D eigenvalue weighted by Gasteiger charge is -2.22. The first-order valence-electron chi connectivity index (χ1n) is 8.79. The maximum absolute atomic E-state index is 5.45. The van der Waals surface area contributed by atoms with Gasteiger partial charge in [0.15, 0.2) is 5.96 Å². The third kappa shape index (κ3) is 5.86. The van der Waals surface area contributed by atoms with Gasteiger partial charge in [0.1, 0.15) is 5.76 Å². The van der Waals surface area contributed by atoms with E-state index >= 15 is 0 Å². The van der Waals surface area contributed by atoms with Crippen LogP contribution >= 0.6 is 11.3 Å². The number of rotatable bonds is 8. The molecule has 3 heterocycles. The van der Waals surface area contributed by atoms with Crippen molar-refractivity contribution < 1.29 is 9.15 Å². The molecule has 0 saturated carbocycles. The lowest BCUT2D eigenvalue weighted by Crippen LogP contribution is -2.41. The van der Waals surface area contributed by atoms with Crippen molar-refractivity contribution in [1.29, 1.82) is 0 Å². The minimum Gasteiger partial charge on any atom is -0.469 e. The molecule has 3 rings (SSSR count). The van der Waals surface area contributed by atoms with Gasteiger partial charge in [-0.2, -0.15) is 0 Å². The summed E-state index contributed by atoms with van der Waals surface area (Å²) < 4.78 is 10.9. The molecule has 136 valence electrons. The van der Waals surface area contributed by atoms with Crippen LogP contribution in [-0.4, -0.2) is 55.7 Å². The van der Waals surface area contributed by atoms with E-state index in [0.29, 0.717) is 5.92 Å². The highest BCUT2D eigenvalue weighted by molar-refractivity contribution is 7.09. The predicted molar refractivity (Wildman–Crippen MR) is 100 cm³/mol. The van der Waals surface area contributed by atoms with Gasteiger partial charge in [-0.3, -0.25) is 4.99 Å². The molecular formula is C18H26N4O2S. The maximum atomic E-state index is 5.45. The average molecular weight is 362 g/mol. The molecule has 0 spiro atoms. The molecule has 1 atom stereocenters. The second-order valence-electron chi connectivity index (χ2n) is 6.25. The largest absolute Gasteiger partial charge is 0.469 e. The van der Waals surface area contributed by atoms with Crippen molar-refractivity contribution in [1.82, 2.24) is 15.2 Å². The van der Waals surface area contributed by atoms with E-state index in [1.165, 1.54) is 0 Å². The molecule has 0 radical (unpaired) electrons. The van der Waals surface area contributed by atoms with Crippen LogP contribution in [0.2, 0.25) is 0 Å². The average Bonchev–Trinajstić information content (AvgIpc) is 3.39. The quantitative estimate of drug-likeness (QED) is 0.577. The molecule has 0 bridgehead atoms. The Kier molecular flexibility index (Phi) is 6.88. The van der Waals surface area contributed by atoms with Gasteiger partial charge in [0, 0.05) is 63.6 Å². The topological polar surface area (TPSA) is 62.9 Å². The summed E-state index contributed by atoms with van der Waals surface area (Å²) >= 11 is 1.70. The Bertz CT molecular complexity index is 622. The summed E-state index contributed by atoms with van der Waals surface area (Å²) in [5.41, 5.74) is 0. The van der Waals surface area contributed by atoms with Crippen molar-refractivity contribution in [3.05, 3.63) is 40.7 Å². The summed E-state index contributed by atoms with van der Waals surface area (Å²) in [7, 11) is 2.08. The Balaban J connectivity index is 1.52. The van der Waals surface area contributed by atoms with Crippen LogP contribution in [0.1, 0.15) is 17.2 Å². The lowest BCUT2D eigenvalue weighted by atomic mass is 10.1. The molecule has 1 saturated heterocycles. The molecule has 0 amide bonds. The van der Waals surface area contributed by atoms with E-state index in [1.54, 1.807) is 17.6 Å². The smallest absolute Gasteiger partial charge is 0.193 e. The molecule has 1 fully saturated rings. The molecule has 0 aromatic carbocycles. The van der Waals surface area contributed by atoms with Gasteiger partial charge in [0.05, 0.1) is 17.9 Å². The minimum absolute atomic E-state index is 0.536. The highest BCUT2D eigenvalue weighted by Crippen LogP contribution is 2.12. The van der Waals surface area contributed by atoms with E-state index in [0.717, 1.165) is 68.8 Å². The fourth-order valence-corrected chi connectivity index (χ4v) is 3.36. The Labute approximate surface area is 152 Å². The Morgan fingerprint density at radius 2 is 2.44 bits per heavy atom. The fraction of sp³-hybridized carbons (Fsp3) is 0.556. The second kappa shape index (κ2) is 9.58. The molecular weight excluding hydrogens is 336 g/mol. The summed E-state index contributed by atoms with van der Waals surface area (Å²) in [5.74, 6) is 2.46. The zero-order valence-electron chi connectivity index (χ0n) is 14.7. The van der Waals surface area contributed by atoms with Crippen LogP contribution in [0.5, 0.6) is 0 Å². The normalized spacial score (nSPS) is 17.8. The second-order valence-corrected chi connectivity index (χ2v) is 7.23. The number of likely N-dealkylation sites (N-methyl/N-ethyl adjacent to an activating group) is 1. The first-order valence-corrected chi connectivity index (χ1v) is 9.67. The number of thiazole rings is 1. The van der Waals surface area contributed by atoms with Crippen LogP contribution in [0.25, 0.3) is 0 Å². The standard InChI is InChI=1S/C18H26N4O2S/c1-22(9-5-17-19-8-12-25-17)18(21-13-15-6-11-23-14-15)20-7-4-16-3-2-10-24-16/h2-3,8,10,12,15H,4-7,9,11,13-14H2,1H3,(H,20,21). The first kappa shape index (κ1) is 17.9. The number of guanidine groups is 1. The van der Waals surface area contributed by atoms with E-state index in [2.05, 4.69) is 22.2 Å². The number of furan rings is 1. The number of ether oxygens (including phenoxy) is 1. The number of aromatic nitrogens is 1. The summed E-state index contributed by atoms with van der Waals surface area (Å²) in [6, 6.07) is 3.92. The maximum Gasteiger partial charge on any atom is 0.193 e. The van der Waals surface area contributed by atoms with E-state index in [1.807, 2.05) is 23.7 Å². The van der Waals surface area contributed by atoms with Gasteiger partial charge in [-0.15, -0.1) is 11.3 Å². The summed E-state index contributed by atoms with van der Waals surface area (Å²) in [6.45, 7) is 4.19. The number of aliphatic imine (C=N–C) groups is 1. The highest BCUT2D eigenvalue weighted by Gasteiger charge is 2.16. The molecule has 2 aromatic heterocycles. The highest BCUT2D eigenvalue weighted by atomic mass is 32.1. The molecule has 2 aromatic rings. The monoisotopic (exact) mass is 362 g/mol. The SMILES string of the molecule is CN(CCc1nccs1)C(=NCC1CCOC1)NCCc1ccco1. The van der Waals surface area contributed by atoms with Gasteiger partial charge in [0.25, 0.3) is 0 Å². The van der Waals surface area contributed by atoms with E-state index < -0.39 is 0 Å². The fourth-order valence-electron chi connectivity index (χ4n) is 2.75. The van der Waals surface area contributed by atoms with Gasteiger partial charge < -0.3 is 19.4 Å². The molecule has 1 aliphatic heterocycles. The van der Waals surface area contributed by atoms with E-state index in [4.69, 9.17) is 14.1 Å². The summed E-state index contributed by atoms with van der Waals surface area (Å²) in [6.07, 6.45) is 6.45. The molecule has 1 aliphatic rings. The summed E-state index contributed by atoms with van der Waals surface area (Å²) in [4.78, 5) is 11.4. The molecule has 7 heteroatoms. The van der Waals surface area contributed by atoms with Crippen LogP contribution in [0, 0.1) is 5.92 Å². The Hall–Kier alpha value is -1.86. The zero-order valence-corrected chi connectivity index (χ0v) is 15.5.